The van der Waals surface area contributed by atoms with Crippen LogP contribution in [0.15, 0.2) is 24.3 Å². The number of carbonyl (C=O) groups is 2. The number of hydrogen-bond acceptors (Lipinski definition) is 3. The van der Waals surface area contributed by atoms with Gasteiger partial charge in [-0.2, -0.15) is 0 Å². The first-order valence-corrected chi connectivity index (χ1v) is 6.95. The molecule has 0 aliphatic carbocycles. The van der Waals surface area contributed by atoms with Crippen molar-refractivity contribution in [3.05, 3.63) is 35.4 Å². The van der Waals surface area contributed by atoms with Gasteiger partial charge in [0.1, 0.15) is 0 Å². The van der Waals surface area contributed by atoms with Crippen LogP contribution in [-0.4, -0.2) is 36.6 Å². The van der Waals surface area contributed by atoms with Crippen molar-refractivity contribution in [2.24, 2.45) is 5.92 Å². The Labute approximate surface area is 118 Å². The largest absolute Gasteiger partial charge is 0.478 e. The van der Waals surface area contributed by atoms with Crippen LogP contribution in [0.25, 0.3) is 0 Å². The number of nitrogens with one attached hydrogen (secondary N) is 2. The van der Waals surface area contributed by atoms with Crippen LogP contribution < -0.4 is 10.6 Å². The van der Waals surface area contributed by atoms with Crippen LogP contribution in [0.2, 0.25) is 0 Å². The maximum absolute atomic E-state index is 11.7. The fraction of sp³-hybridized carbons (Fsp3) is 0.467. The van der Waals surface area contributed by atoms with Gasteiger partial charge in [-0.05, 0) is 49.5 Å². The number of carboxylic acid groups (broad SMARTS) is 1. The Hall–Kier alpha value is -1.88. The number of hydrogen-bond donors (Lipinski definition) is 3. The number of aromatic carboxylic acids is 1. The van der Waals surface area contributed by atoms with Crippen LogP contribution >= 0.6 is 0 Å². The van der Waals surface area contributed by atoms with E-state index in [-0.39, 0.29) is 11.5 Å². The topological polar surface area (TPSA) is 78.4 Å². The molecule has 1 atom stereocenters. The number of benzene rings is 1. The predicted molar refractivity (Wildman–Crippen MR) is 75.7 cm³/mol. The second-order valence-electron chi connectivity index (χ2n) is 5.17. The summed E-state index contributed by atoms with van der Waals surface area (Å²) in [6.45, 7) is 2.47. The van der Waals surface area contributed by atoms with Crippen molar-refractivity contribution >= 4 is 11.9 Å². The van der Waals surface area contributed by atoms with E-state index in [0.29, 0.717) is 25.3 Å². The first kappa shape index (κ1) is 14.5. The van der Waals surface area contributed by atoms with Gasteiger partial charge in [0, 0.05) is 13.0 Å². The summed E-state index contributed by atoms with van der Waals surface area (Å²) in [5.74, 6) is -0.400. The van der Waals surface area contributed by atoms with Crippen LogP contribution in [0, 0.1) is 5.92 Å². The predicted octanol–water partition coefficient (Wildman–Crippen LogP) is 1.04. The van der Waals surface area contributed by atoms with E-state index in [2.05, 4.69) is 10.6 Å². The molecule has 1 aliphatic heterocycles. The average molecular weight is 276 g/mol. The summed E-state index contributed by atoms with van der Waals surface area (Å²) in [6, 6.07) is 6.82. The molecule has 5 nitrogen and oxygen atoms in total. The first-order valence-electron chi connectivity index (χ1n) is 6.95. The van der Waals surface area contributed by atoms with Gasteiger partial charge in [-0.1, -0.05) is 12.1 Å². The van der Waals surface area contributed by atoms with Crippen molar-refractivity contribution in [1.29, 1.82) is 0 Å². The fourth-order valence-electron chi connectivity index (χ4n) is 2.43. The van der Waals surface area contributed by atoms with E-state index in [1.54, 1.807) is 18.2 Å². The summed E-state index contributed by atoms with van der Waals surface area (Å²) >= 11 is 0. The molecule has 3 N–H and O–H groups in total. The molecule has 108 valence electrons. The van der Waals surface area contributed by atoms with E-state index in [4.69, 9.17) is 5.11 Å². The molecule has 20 heavy (non-hydrogen) atoms. The van der Waals surface area contributed by atoms with Crippen LogP contribution in [0.5, 0.6) is 0 Å². The fourth-order valence-corrected chi connectivity index (χ4v) is 2.43. The quantitative estimate of drug-likeness (QED) is 0.725. The van der Waals surface area contributed by atoms with E-state index in [1.807, 2.05) is 6.07 Å². The van der Waals surface area contributed by atoms with E-state index in [0.717, 1.165) is 25.1 Å². The van der Waals surface area contributed by atoms with Crippen LogP contribution in [0.4, 0.5) is 0 Å². The maximum Gasteiger partial charge on any atom is 0.335 e. The highest BCUT2D eigenvalue weighted by atomic mass is 16.4. The zero-order valence-electron chi connectivity index (χ0n) is 11.4. The summed E-state index contributed by atoms with van der Waals surface area (Å²) < 4.78 is 0. The minimum absolute atomic E-state index is 0.0769. The number of carboxylic acids is 1. The third kappa shape index (κ3) is 4.35. The molecule has 0 bridgehead atoms. The van der Waals surface area contributed by atoms with Crippen molar-refractivity contribution in [1.82, 2.24) is 10.6 Å². The van der Waals surface area contributed by atoms with Crippen molar-refractivity contribution in [2.75, 3.05) is 19.6 Å². The van der Waals surface area contributed by atoms with Crippen molar-refractivity contribution < 1.29 is 14.7 Å². The highest BCUT2D eigenvalue weighted by molar-refractivity contribution is 5.87. The van der Waals surface area contributed by atoms with Gasteiger partial charge < -0.3 is 15.7 Å². The SMILES string of the molecule is O=C(CC1CCNC1)NCCc1cccc(C(=O)O)c1. The van der Waals surface area contributed by atoms with Crippen molar-refractivity contribution in [2.45, 2.75) is 19.3 Å². The van der Waals surface area contributed by atoms with Gasteiger partial charge in [0.15, 0.2) is 0 Å². The smallest absolute Gasteiger partial charge is 0.335 e. The summed E-state index contributed by atoms with van der Waals surface area (Å²) in [7, 11) is 0. The van der Waals surface area contributed by atoms with Crippen molar-refractivity contribution in [3.63, 3.8) is 0 Å². The number of carbonyl (C=O) groups excluding carboxylic acids is 1. The molecule has 1 aromatic carbocycles. The number of rotatable bonds is 6. The van der Waals surface area contributed by atoms with Crippen LogP contribution in [-0.2, 0) is 11.2 Å². The Kier molecular flexibility index (Phi) is 5.12. The van der Waals surface area contributed by atoms with Gasteiger partial charge in [-0.25, -0.2) is 4.79 Å². The molecule has 1 aromatic rings. The summed E-state index contributed by atoms with van der Waals surface area (Å²) in [5, 5.41) is 15.0. The molecule has 1 amide bonds. The molecule has 1 unspecified atom stereocenters. The second kappa shape index (κ2) is 7.05. The molecule has 1 saturated heterocycles. The lowest BCUT2D eigenvalue weighted by molar-refractivity contribution is -0.121. The monoisotopic (exact) mass is 276 g/mol. The Balaban J connectivity index is 1.73. The number of amides is 1. The minimum Gasteiger partial charge on any atom is -0.478 e. The van der Waals surface area contributed by atoms with E-state index >= 15 is 0 Å². The highest BCUT2D eigenvalue weighted by Crippen LogP contribution is 2.11. The molecular formula is C15H20N2O3. The average Bonchev–Trinajstić information content (AvgIpc) is 2.92. The zero-order valence-corrected chi connectivity index (χ0v) is 11.4. The summed E-state index contributed by atoms with van der Waals surface area (Å²) in [6.07, 6.45) is 2.28. The van der Waals surface area contributed by atoms with Gasteiger partial charge in [0.05, 0.1) is 5.56 Å². The Morgan fingerprint density at radius 1 is 1.40 bits per heavy atom. The zero-order chi connectivity index (χ0) is 14.4. The van der Waals surface area contributed by atoms with E-state index in [9.17, 15) is 9.59 Å². The lowest BCUT2D eigenvalue weighted by Crippen LogP contribution is -2.28. The van der Waals surface area contributed by atoms with E-state index < -0.39 is 5.97 Å². The molecule has 0 radical (unpaired) electrons. The molecule has 1 aliphatic rings. The first-order chi connectivity index (χ1) is 9.65. The van der Waals surface area contributed by atoms with E-state index in [1.165, 1.54) is 0 Å². The molecular weight excluding hydrogens is 256 g/mol. The Bertz CT molecular complexity index is 482. The van der Waals surface area contributed by atoms with Crippen LogP contribution in [0.3, 0.4) is 0 Å². The molecule has 0 spiro atoms. The Morgan fingerprint density at radius 3 is 2.95 bits per heavy atom. The maximum atomic E-state index is 11.7. The molecule has 5 heteroatoms. The summed E-state index contributed by atoms with van der Waals surface area (Å²) in [4.78, 5) is 22.6. The lowest BCUT2D eigenvalue weighted by Gasteiger charge is -2.09. The molecule has 2 rings (SSSR count). The molecule has 0 saturated carbocycles. The minimum atomic E-state index is -0.926. The third-order valence-electron chi connectivity index (χ3n) is 3.55. The van der Waals surface area contributed by atoms with Gasteiger partial charge >= 0.3 is 5.97 Å². The Morgan fingerprint density at radius 2 is 2.25 bits per heavy atom. The van der Waals surface area contributed by atoms with Gasteiger partial charge in [0.2, 0.25) is 5.91 Å². The van der Waals surface area contributed by atoms with Gasteiger partial charge in [-0.15, -0.1) is 0 Å². The molecule has 0 aromatic heterocycles. The second-order valence-corrected chi connectivity index (χ2v) is 5.17. The molecule has 1 heterocycles. The lowest BCUT2D eigenvalue weighted by atomic mass is 10.0. The highest BCUT2D eigenvalue weighted by Gasteiger charge is 2.17. The van der Waals surface area contributed by atoms with Crippen molar-refractivity contribution in [3.8, 4) is 0 Å². The molecule has 1 fully saturated rings. The van der Waals surface area contributed by atoms with Crippen LogP contribution in [0.1, 0.15) is 28.8 Å². The normalized spacial score (nSPS) is 17.9. The van der Waals surface area contributed by atoms with Gasteiger partial charge in [-0.3, -0.25) is 4.79 Å². The third-order valence-corrected chi connectivity index (χ3v) is 3.55. The standard InChI is InChI=1S/C15H20N2O3/c18-14(9-12-4-6-16-10-12)17-7-5-11-2-1-3-13(8-11)15(19)20/h1-3,8,12,16H,4-7,9-10H2,(H,17,18)(H,19,20). The summed E-state index contributed by atoms with van der Waals surface area (Å²) in [5.41, 5.74) is 1.21. The van der Waals surface area contributed by atoms with Gasteiger partial charge in [0.25, 0.3) is 0 Å².